The predicted octanol–water partition coefficient (Wildman–Crippen LogP) is 3.74. The van der Waals surface area contributed by atoms with Crippen LogP contribution in [0, 0.1) is 5.82 Å². The van der Waals surface area contributed by atoms with E-state index in [0.29, 0.717) is 6.04 Å². The van der Waals surface area contributed by atoms with E-state index in [0.717, 1.165) is 31.0 Å². The molecule has 0 aliphatic heterocycles. The van der Waals surface area contributed by atoms with Crippen LogP contribution in [0.2, 0.25) is 0 Å². The van der Waals surface area contributed by atoms with Crippen molar-refractivity contribution in [2.75, 3.05) is 13.6 Å². The molecule has 0 radical (unpaired) electrons. The Balaban J connectivity index is 2.00. The molecular formula is C17H27FN2. The summed E-state index contributed by atoms with van der Waals surface area (Å²) >= 11 is 0. The normalized spacial score (nSPS) is 18.2. The zero-order valence-corrected chi connectivity index (χ0v) is 12.9. The number of likely N-dealkylation sites (N-methyl/N-ethyl adjacent to an activating group) is 1. The predicted molar refractivity (Wildman–Crippen MR) is 82.3 cm³/mol. The van der Waals surface area contributed by atoms with Crippen molar-refractivity contribution >= 4 is 0 Å². The summed E-state index contributed by atoms with van der Waals surface area (Å²) in [5.41, 5.74) is 0.794. The van der Waals surface area contributed by atoms with Crippen LogP contribution < -0.4 is 5.32 Å². The lowest BCUT2D eigenvalue weighted by molar-refractivity contribution is 0.167. The van der Waals surface area contributed by atoms with E-state index in [1.165, 1.54) is 12.8 Å². The summed E-state index contributed by atoms with van der Waals surface area (Å²) in [6.07, 6.45) is 4.93. The first kappa shape index (κ1) is 15.5. The maximum atomic E-state index is 13.9. The van der Waals surface area contributed by atoms with E-state index in [1.54, 1.807) is 12.1 Å². The Kier molecular flexibility index (Phi) is 5.55. The summed E-state index contributed by atoms with van der Waals surface area (Å²) in [5, 5.41) is 3.61. The molecule has 2 unspecified atom stereocenters. The minimum atomic E-state index is -0.0998. The summed E-state index contributed by atoms with van der Waals surface area (Å²) in [7, 11) is 2.12. The highest BCUT2D eigenvalue weighted by Crippen LogP contribution is 2.25. The molecule has 3 heteroatoms. The van der Waals surface area contributed by atoms with Crippen LogP contribution in [0.5, 0.6) is 0 Å². The minimum absolute atomic E-state index is 0.0998. The molecule has 2 atom stereocenters. The van der Waals surface area contributed by atoms with Crippen molar-refractivity contribution < 1.29 is 4.39 Å². The molecule has 1 aliphatic carbocycles. The Bertz CT molecular complexity index is 417. The Morgan fingerprint density at radius 3 is 2.65 bits per heavy atom. The number of nitrogens with one attached hydrogen (secondary N) is 1. The van der Waals surface area contributed by atoms with Gasteiger partial charge in [-0.2, -0.15) is 0 Å². The topological polar surface area (TPSA) is 15.3 Å². The van der Waals surface area contributed by atoms with Crippen molar-refractivity contribution in [3.8, 4) is 0 Å². The van der Waals surface area contributed by atoms with Crippen molar-refractivity contribution in [2.24, 2.45) is 0 Å². The molecule has 0 bridgehead atoms. The Morgan fingerprint density at radius 1 is 1.35 bits per heavy atom. The molecule has 1 aromatic carbocycles. The van der Waals surface area contributed by atoms with Crippen LogP contribution in [0.15, 0.2) is 24.3 Å². The fourth-order valence-corrected chi connectivity index (χ4v) is 2.72. The maximum Gasteiger partial charge on any atom is 0.127 e. The number of hydrogen-bond acceptors (Lipinski definition) is 2. The van der Waals surface area contributed by atoms with Crippen LogP contribution in [0.1, 0.15) is 51.1 Å². The molecule has 0 saturated heterocycles. The first-order valence-electron chi connectivity index (χ1n) is 7.83. The fourth-order valence-electron chi connectivity index (χ4n) is 2.72. The molecule has 1 aromatic rings. The van der Waals surface area contributed by atoms with Gasteiger partial charge in [-0.15, -0.1) is 0 Å². The molecule has 20 heavy (non-hydrogen) atoms. The van der Waals surface area contributed by atoms with Gasteiger partial charge in [0.15, 0.2) is 0 Å². The Labute approximate surface area is 122 Å². The lowest BCUT2D eigenvalue weighted by Gasteiger charge is -2.34. The second-order valence-electron chi connectivity index (χ2n) is 5.99. The van der Waals surface area contributed by atoms with Gasteiger partial charge in [0.2, 0.25) is 0 Å². The number of nitrogens with zero attached hydrogens (tertiary/aromatic N) is 1. The fraction of sp³-hybridized carbons (Fsp3) is 0.647. The molecule has 2 nitrogen and oxygen atoms in total. The molecule has 0 amide bonds. The van der Waals surface area contributed by atoms with Crippen LogP contribution in [0.25, 0.3) is 0 Å². The average molecular weight is 278 g/mol. The first-order chi connectivity index (χ1) is 9.63. The summed E-state index contributed by atoms with van der Waals surface area (Å²) in [6.45, 7) is 5.32. The van der Waals surface area contributed by atoms with Crippen LogP contribution in [0.3, 0.4) is 0 Å². The lowest BCUT2D eigenvalue weighted by atomic mass is 10.0. The van der Waals surface area contributed by atoms with Gasteiger partial charge in [-0.05, 0) is 39.3 Å². The number of halogens is 1. The van der Waals surface area contributed by atoms with E-state index in [1.807, 2.05) is 12.1 Å². The zero-order chi connectivity index (χ0) is 14.5. The molecule has 0 spiro atoms. The smallest absolute Gasteiger partial charge is 0.127 e. The van der Waals surface area contributed by atoms with Crippen LogP contribution in [0.4, 0.5) is 4.39 Å². The monoisotopic (exact) mass is 278 g/mol. The van der Waals surface area contributed by atoms with Crippen molar-refractivity contribution in [1.29, 1.82) is 0 Å². The van der Waals surface area contributed by atoms with E-state index >= 15 is 0 Å². The minimum Gasteiger partial charge on any atom is -0.312 e. The quantitative estimate of drug-likeness (QED) is 0.779. The van der Waals surface area contributed by atoms with Crippen LogP contribution in [-0.2, 0) is 0 Å². The van der Waals surface area contributed by atoms with Crippen molar-refractivity contribution in [2.45, 2.75) is 57.7 Å². The molecule has 1 fully saturated rings. The van der Waals surface area contributed by atoms with Gasteiger partial charge < -0.3 is 5.32 Å². The second-order valence-corrected chi connectivity index (χ2v) is 5.99. The molecule has 1 saturated carbocycles. The van der Waals surface area contributed by atoms with Crippen molar-refractivity contribution in [3.05, 3.63) is 35.6 Å². The van der Waals surface area contributed by atoms with Gasteiger partial charge in [-0.1, -0.05) is 31.5 Å². The number of rotatable bonds is 8. The van der Waals surface area contributed by atoms with Gasteiger partial charge in [0.25, 0.3) is 0 Å². The molecule has 2 rings (SSSR count). The third-order valence-electron chi connectivity index (χ3n) is 4.38. The first-order valence-corrected chi connectivity index (χ1v) is 7.83. The van der Waals surface area contributed by atoms with Crippen molar-refractivity contribution in [1.82, 2.24) is 10.2 Å². The van der Waals surface area contributed by atoms with E-state index < -0.39 is 0 Å². The number of benzene rings is 1. The van der Waals surface area contributed by atoms with Gasteiger partial charge in [0.1, 0.15) is 5.82 Å². The summed E-state index contributed by atoms with van der Waals surface area (Å²) in [6, 6.07) is 8.42. The van der Waals surface area contributed by atoms with E-state index in [2.05, 4.69) is 31.1 Å². The highest BCUT2D eigenvalue weighted by atomic mass is 19.1. The third-order valence-corrected chi connectivity index (χ3v) is 4.38. The Morgan fingerprint density at radius 2 is 2.05 bits per heavy atom. The largest absolute Gasteiger partial charge is 0.312 e. The second kappa shape index (κ2) is 7.19. The standard InChI is InChI=1S/C17H27FN2/c1-4-7-15(12-19-14-10-11-14)20(3)13(2)16-8-5-6-9-17(16)18/h5-6,8-9,13-15,19H,4,7,10-12H2,1-3H3. The Hall–Kier alpha value is -0.930. The molecular weight excluding hydrogens is 251 g/mol. The molecule has 0 heterocycles. The lowest BCUT2D eigenvalue weighted by Crippen LogP contribution is -2.42. The van der Waals surface area contributed by atoms with Gasteiger partial charge in [0, 0.05) is 30.2 Å². The molecule has 112 valence electrons. The molecule has 1 N–H and O–H groups in total. The summed E-state index contributed by atoms with van der Waals surface area (Å²) in [4.78, 5) is 2.32. The third kappa shape index (κ3) is 4.03. The van der Waals surface area contributed by atoms with Crippen LogP contribution in [-0.4, -0.2) is 30.6 Å². The highest BCUT2D eigenvalue weighted by molar-refractivity contribution is 5.20. The molecule has 0 aromatic heterocycles. The van der Waals surface area contributed by atoms with Crippen molar-refractivity contribution in [3.63, 3.8) is 0 Å². The maximum absolute atomic E-state index is 13.9. The number of hydrogen-bond donors (Lipinski definition) is 1. The van der Waals surface area contributed by atoms with Gasteiger partial charge in [-0.25, -0.2) is 4.39 Å². The van der Waals surface area contributed by atoms with E-state index in [-0.39, 0.29) is 11.9 Å². The van der Waals surface area contributed by atoms with E-state index in [9.17, 15) is 4.39 Å². The van der Waals surface area contributed by atoms with Gasteiger partial charge in [0.05, 0.1) is 0 Å². The molecule has 1 aliphatic rings. The summed E-state index contributed by atoms with van der Waals surface area (Å²) in [5.74, 6) is -0.0998. The SMILES string of the molecule is CCCC(CNC1CC1)N(C)C(C)c1ccccc1F. The zero-order valence-electron chi connectivity index (χ0n) is 12.9. The van der Waals surface area contributed by atoms with Gasteiger partial charge >= 0.3 is 0 Å². The average Bonchev–Trinajstić information content (AvgIpc) is 3.26. The van der Waals surface area contributed by atoms with Gasteiger partial charge in [-0.3, -0.25) is 4.90 Å². The summed E-state index contributed by atoms with van der Waals surface area (Å²) < 4.78 is 13.9. The van der Waals surface area contributed by atoms with E-state index in [4.69, 9.17) is 0 Å². The highest BCUT2D eigenvalue weighted by Gasteiger charge is 2.25. The van der Waals surface area contributed by atoms with Crippen LogP contribution >= 0.6 is 0 Å².